The summed E-state index contributed by atoms with van der Waals surface area (Å²) in [5, 5.41) is 2.67. The molecular formula is C12H16N2O3. The molecule has 1 aromatic rings. The van der Waals surface area contributed by atoms with Crippen LogP contribution in [0.3, 0.4) is 0 Å². The highest BCUT2D eigenvalue weighted by atomic mass is 16.3. The van der Waals surface area contributed by atoms with Gasteiger partial charge in [0.25, 0.3) is 0 Å². The molecule has 0 saturated carbocycles. The number of nitrogens with zero attached hydrogens (tertiary/aromatic N) is 1. The predicted octanol–water partition coefficient (Wildman–Crippen LogP) is 1.08. The van der Waals surface area contributed by atoms with E-state index in [1.807, 2.05) is 6.92 Å². The standard InChI is InChI=1S/C12H16N2O3/c1-8(9-5-4-6-17-9)14-7-10(15)13-12(2,3)11(14)16/h4-6,8H,7H2,1-3H3,(H,13,15). The SMILES string of the molecule is CC(c1ccco1)N1CC(=O)NC(C)(C)C1=O. The van der Waals surface area contributed by atoms with Crippen LogP contribution in [0.1, 0.15) is 32.6 Å². The summed E-state index contributed by atoms with van der Waals surface area (Å²) in [4.78, 5) is 25.3. The van der Waals surface area contributed by atoms with Gasteiger partial charge in [-0.2, -0.15) is 0 Å². The summed E-state index contributed by atoms with van der Waals surface area (Å²) in [6.45, 7) is 5.33. The van der Waals surface area contributed by atoms with Crippen LogP contribution in [0.25, 0.3) is 0 Å². The van der Waals surface area contributed by atoms with Gasteiger partial charge < -0.3 is 14.6 Å². The third kappa shape index (κ3) is 2.05. The quantitative estimate of drug-likeness (QED) is 0.835. The maximum Gasteiger partial charge on any atom is 0.248 e. The van der Waals surface area contributed by atoms with Crippen LogP contribution in [0.2, 0.25) is 0 Å². The summed E-state index contributed by atoms with van der Waals surface area (Å²) < 4.78 is 5.27. The molecule has 0 aromatic carbocycles. The first-order valence-electron chi connectivity index (χ1n) is 5.57. The first-order valence-corrected chi connectivity index (χ1v) is 5.57. The zero-order valence-electron chi connectivity index (χ0n) is 10.2. The van der Waals surface area contributed by atoms with Crippen LogP contribution in [0, 0.1) is 0 Å². The van der Waals surface area contributed by atoms with Gasteiger partial charge >= 0.3 is 0 Å². The summed E-state index contributed by atoms with van der Waals surface area (Å²) in [5.41, 5.74) is -0.851. The molecule has 1 atom stereocenters. The fourth-order valence-electron chi connectivity index (χ4n) is 2.02. The zero-order valence-corrected chi connectivity index (χ0v) is 10.2. The Labute approximate surface area is 99.8 Å². The smallest absolute Gasteiger partial charge is 0.248 e. The average molecular weight is 236 g/mol. The molecule has 92 valence electrons. The van der Waals surface area contributed by atoms with Crippen LogP contribution >= 0.6 is 0 Å². The number of furan rings is 1. The van der Waals surface area contributed by atoms with Gasteiger partial charge in [-0.15, -0.1) is 0 Å². The predicted molar refractivity (Wildman–Crippen MR) is 61.1 cm³/mol. The lowest BCUT2D eigenvalue weighted by atomic mass is 9.98. The van der Waals surface area contributed by atoms with Gasteiger partial charge in [0.1, 0.15) is 17.8 Å². The molecule has 0 aliphatic carbocycles. The van der Waals surface area contributed by atoms with E-state index in [4.69, 9.17) is 4.42 Å². The van der Waals surface area contributed by atoms with E-state index in [1.54, 1.807) is 32.2 Å². The van der Waals surface area contributed by atoms with E-state index in [9.17, 15) is 9.59 Å². The van der Waals surface area contributed by atoms with Crippen LogP contribution in [-0.4, -0.2) is 28.8 Å². The zero-order chi connectivity index (χ0) is 12.6. The molecule has 2 rings (SSSR count). The number of hydrogen-bond donors (Lipinski definition) is 1. The van der Waals surface area contributed by atoms with Crippen molar-refractivity contribution in [2.45, 2.75) is 32.4 Å². The van der Waals surface area contributed by atoms with Crippen LogP contribution < -0.4 is 5.32 Å². The Hall–Kier alpha value is -1.78. The molecular weight excluding hydrogens is 220 g/mol. The average Bonchev–Trinajstić information content (AvgIpc) is 2.75. The molecule has 0 radical (unpaired) electrons. The normalized spacial score (nSPS) is 21.2. The highest BCUT2D eigenvalue weighted by Crippen LogP contribution is 2.25. The van der Waals surface area contributed by atoms with E-state index in [1.165, 1.54) is 4.90 Å². The summed E-state index contributed by atoms with van der Waals surface area (Å²) >= 11 is 0. The third-order valence-corrected chi connectivity index (χ3v) is 2.98. The fraction of sp³-hybridized carbons (Fsp3) is 0.500. The molecule has 1 aromatic heterocycles. The maximum absolute atomic E-state index is 12.2. The Morgan fingerprint density at radius 2 is 2.18 bits per heavy atom. The Morgan fingerprint density at radius 3 is 2.76 bits per heavy atom. The molecule has 0 spiro atoms. The van der Waals surface area contributed by atoms with E-state index >= 15 is 0 Å². The third-order valence-electron chi connectivity index (χ3n) is 2.98. The molecule has 5 heteroatoms. The van der Waals surface area contributed by atoms with Gasteiger partial charge in [0.2, 0.25) is 11.8 Å². The maximum atomic E-state index is 12.2. The minimum atomic E-state index is -0.851. The second kappa shape index (κ2) is 3.91. The number of hydrogen-bond acceptors (Lipinski definition) is 3. The van der Waals surface area contributed by atoms with Crippen LogP contribution in [-0.2, 0) is 9.59 Å². The van der Waals surface area contributed by atoms with Crippen LogP contribution in [0.5, 0.6) is 0 Å². The number of carbonyl (C=O) groups excluding carboxylic acids is 2. The Kier molecular flexibility index (Phi) is 2.69. The number of amides is 2. The van der Waals surface area contributed by atoms with Crippen molar-refractivity contribution >= 4 is 11.8 Å². The molecule has 1 aliphatic rings. The molecule has 1 saturated heterocycles. The Bertz CT molecular complexity index is 437. The summed E-state index contributed by atoms with van der Waals surface area (Å²) in [5.74, 6) is 0.442. The lowest BCUT2D eigenvalue weighted by molar-refractivity contribution is -0.151. The van der Waals surface area contributed by atoms with Crippen molar-refractivity contribution in [3.8, 4) is 0 Å². The second-order valence-corrected chi connectivity index (χ2v) is 4.80. The topological polar surface area (TPSA) is 62.6 Å². The van der Waals surface area contributed by atoms with E-state index < -0.39 is 5.54 Å². The van der Waals surface area contributed by atoms with Gasteiger partial charge in [-0.05, 0) is 32.9 Å². The van der Waals surface area contributed by atoms with Crippen molar-refractivity contribution in [3.63, 3.8) is 0 Å². The molecule has 2 heterocycles. The lowest BCUT2D eigenvalue weighted by Crippen LogP contribution is -2.64. The van der Waals surface area contributed by atoms with E-state index in [0.717, 1.165) is 0 Å². The molecule has 17 heavy (non-hydrogen) atoms. The molecule has 0 bridgehead atoms. The van der Waals surface area contributed by atoms with E-state index in [2.05, 4.69) is 5.32 Å². The van der Waals surface area contributed by atoms with Gasteiger partial charge in [-0.25, -0.2) is 0 Å². The fourth-order valence-corrected chi connectivity index (χ4v) is 2.02. The lowest BCUT2D eigenvalue weighted by Gasteiger charge is -2.39. The Morgan fingerprint density at radius 1 is 1.47 bits per heavy atom. The first-order chi connectivity index (χ1) is 7.92. The highest BCUT2D eigenvalue weighted by Gasteiger charge is 2.41. The van der Waals surface area contributed by atoms with Crippen molar-refractivity contribution in [1.82, 2.24) is 10.2 Å². The van der Waals surface area contributed by atoms with Gasteiger partial charge in [0.05, 0.1) is 12.3 Å². The van der Waals surface area contributed by atoms with Crippen LogP contribution in [0.15, 0.2) is 22.8 Å². The van der Waals surface area contributed by atoms with E-state index in [-0.39, 0.29) is 24.4 Å². The molecule has 2 amide bonds. The number of nitrogens with one attached hydrogen (secondary N) is 1. The van der Waals surface area contributed by atoms with Crippen LogP contribution in [0.4, 0.5) is 0 Å². The molecule has 1 unspecified atom stereocenters. The minimum Gasteiger partial charge on any atom is -0.467 e. The van der Waals surface area contributed by atoms with Gasteiger partial charge in [0, 0.05) is 0 Å². The van der Waals surface area contributed by atoms with Crippen molar-refractivity contribution in [1.29, 1.82) is 0 Å². The highest BCUT2D eigenvalue weighted by molar-refractivity contribution is 5.97. The molecule has 1 aliphatic heterocycles. The molecule has 5 nitrogen and oxygen atoms in total. The largest absolute Gasteiger partial charge is 0.467 e. The Balaban J connectivity index is 2.25. The van der Waals surface area contributed by atoms with Gasteiger partial charge in [-0.3, -0.25) is 9.59 Å². The van der Waals surface area contributed by atoms with Crippen molar-refractivity contribution in [3.05, 3.63) is 24.2 Å². The summed E-state index contributed by atoms with van der Waals surface area (Å²) in [7, 11) is 0. The molecule has 1 fully saturated rings. The number of piperazine rings is 1. The van der Waals surface area contributed by atoms with E-state index in [0.29, 0.717) is 5.76 Å². The van der Waals surface area contributed by atoms with Crippen molar-refractivity contribution < 1.29 is 14.0 Å². The van der Waals surface area contributed by atoms with Gasteiger partial charge in [0.15, 0.2) is 0 Å². The minimum absolute atomic E-state index is 0.0735. The summed E-state index contributed by atoms with van der Waals surface area (Å²) in [6, 6.07) is 3.34. The van der Waals surface area contributed by atoms with Crippen molar-refractivity contribution in [2.75, 3.05) is 6.54 Å². The van der Waals surface area contributed by atoms with Crippen molar-refractivity contribution in [2.24, 2.45) is 0 Å². The number of carbonyl (C=O) groups is 2. The summed E-state index contributed by atoms with van der Waals surface area (Å²) in [6.07, 6.45) is 1.56. The monoisotopic (exact) mass is 236 g/mol. The number of rotatable bonds is 2. The van der Waals surface area contributed by atoms with Gasteiger partial charge in [-0.1, -0.05) is 0 Å². The second-order valence-electron chi connectivity index (χ2n) is 4.80. The first kappa shape index (κ1) is 11.7. The molecule has 1 N–H and O–H groups in total.